The van der Waals surface area contributed by atoms with Gasteiger partial charge in [0, 0.05) is 25.1 Å². The van der Waals surface area contributed by atoms with Gasteiger partial charge in [-0.3, -0.25) is 9.78 Å². The summed E-state index contributed by atoms with van der Waals surface area (Å²) >= 11 is 0. The number of aryl methyl sites for hydroxylation is 1. The van der Waals surface area contributed by atoms with Gasteiger partial charge < -0.3 is 15.1 Å². The van der Waals surface area contributed by atoms with Crippen LogP contribution < -0.4 is 10.6 Å². The van der Waals surface area contributed by atoms with Crippen LogP contribution in [0, 0.1) is 6.92 Å². The van der Waals surface area contributed by atoms with Gasteiger partial charge in [0.05, 0.1) is 18.3 Å². The Morgan fingerprint density at radius 3 is 2.94 bits per heavy atom. The molecule has 0 atom stereocenters. The molecule has 6 nitrogen and oxygen atoms in total. The van der Waals surface area contributed by atoms with Crippen LogP contribution in [0.1, 0.15) is 22.0 Å². The molecule has 0 spiro atoms. The molecule has 0 saturated heterocycles. The van der Waals surface area contributed by atoms with Crippen LogP contribution in [0.4, 0.5) is 5.69 Å². The van der Waals surface area contributed by atoms with Gasteiger partial charge in [-0.25, -0.2) is 4.98 Å². The maximum absolute atomic E-state index is 11.9. The van der Waals surface area contributed by atoms with E-state index in [1.54, 1.807) is 32.4 Å². The Balaban J connectivity index is 2.03. The second-order valence-electron chi connectivity index (χ2n) is 3.72. The minimum absolute atomic E-state index is 0.219. The molecule has 0 radical (unpaired) electrons. The first-order chi connectivity index (χ1) is 8.70. The van der Waals surface area contributed by atoms with Crippen molar-refractivity contribution in [3.8, 4) is 0 Å². The number of nitrogens with zero attached hydrogens (tertiary/aromatic N) is 2. The average Bonchev–Trinajstić information content (AvgIpc) is 2.81. The van der Waals surface area contributed by atoms with Crippen molar-refractivity contribution in [1.29, 1.82) is 0 Å². The van der Waals surface area contributed by atoms with E-state index in [1.165, 1.54) is 6.20 Å². The average molecular weight is 246 g/mol. The van der Waals surface area contributed by atoms with Gasteiger partial charge in [0.25, 0.3) is 5.91 Å². The molecule has 0 saturated carbocycles. The monoisotopic (exact) mass is 246 g/mol. The third kappa shape index (κ3) is 2.65. The van der Waals surface area contributed by atoms with E-state index in [-0.39, 0.29) is 12.5 Å². The Labute approximate surface area is 104 Å². The highest BCUT2D eigenvalue weighted by molar-refractivity contribution is 5.99. The highest BCUT2D eigenvalue weighted by Crippen LogP contribution is 2.12. The Morgan fingerprint density at radius 2 is 2.28 bits per heavy atom. The lowest BCUT2D eigenvalue weighted by molar-refractivity contribution is 0.0947. The number of rotatable bonds is 4. The van der Waals surface area contributed by atoms with Gasteiger partial charge in [-0.2, -0.15) is 0 Å². The summed E-state index contributed by atoms with van der Waals surface area (Å²) < 4.78 is 5.27. The fourth-order valence-corrected chi connectivity index (χ4v) is 1.53. The third-order valence-corrected chi connectivity index (χ3v) is 2.40. The summed E-state index contributed by atoms with van der Waals surface area (Å²) in [7, 11) is 1.75. The van der Waals surface area contributed by atoms with E-state index in [0.29, 0.717) is 11.5 Å². The predicted molar refractivity (Wildman–Crippen MR) is 66.2 cm³/mol. The summed E-state index contributed by atoms with van der Waals surface area (Å²) in [5.41, 5.74) is 1.22. The van der Waals surface area contributed by atoms with Gasteiger partial charge in [0.2, 0.25) is 5.89 Å². The summed E-state index contributed by atoms with van der Waals surface area (Å²) in [6, 6.07) is 1.74. The summed E-state index contributed by atoms with van der Waals surface area (Å²) in [5, 5.41) is 5.67. The van der Waals surface area contributed by atoms with Crippen LogP contribution in [0.3, 0.4) is 0 Å². The van der Waals surface area contributed by atoms with E-state index in [4.69, 9.17) is 4.42 Å². The quantitative estimate of drug-likeness (QED) is 0.851. The minimum Gasteiger partial charge on any atom is -0.444 e. The van der Waals surface area contributed by atoms with Crippen molar-refractivity contribution in [3.63, 3.8) is 0 Å². The lowest BCUT2D eigenvalue weighted by Gasteiger charge is -2.07. The molecule has 0 aliphatic rings. The van der Waals surface area contributed by atoms with E-state index in [2.05, 4.69) is 20.6 Å². The molecule has 1 amide bonds. The largest absolute Gasteiger partial charge is 0.444 e. The molecule has 94 valence electrons. The summed E-state index contributed by atoms with van der Waals surface area (Å²) in [4.78, 5) is 19.9. The second kappa shape index (κ2) is 5.31. The van der Waals surface area contributed by atoms with E-state index < -0.39 is 0 Å². The number of carbonyl (C=O) groups excluding carboxylic acids is 1. The van der Waals surface area contributed by atoms with Gasteiger partial charge in [-0.1, -0.05) is 0 Å². The number of anilines is 1. The van der Waals surface area contributed by atoms with Crippen molar-refractivity contribution in [2.45, 2.75) is 13.5 Å². The number of carbonyl (C=O) groups is 1. The van der Waals surface area contributed by atoms with E-state index in [0.717, 1.165) is 11.4 Å². The predicted octanol–water partition coefficient (Wildman–Crippen LogP) is 1.35. The van der Waals surface area contributed by atoms with E-state index >= 15 is 0 Å². The number of amides is 1. The number of pyridine rings is 1. The van der Waals surface area contributed by atoms with Crippen LogP contribution in [-0.2, 0) is 6.54 Å². The maximum atomic E-state index is 11.9. The zero-order valence-electron chi connectivity index (χ0n) is 10.2. The van der Waals surface area contributed by atoms with Gasteiger partial charge in [0.15, 0.2) is 0 Å². The molecule has 6 heteroatoms. The maximum Gasteiger partial charge on any atom is 0.255 e. The number of hydrogen-bond donors (Lipinski definition) is 2. The molecule has 0 aromatic carbocycles. The zero-order chi connectivity index (χ0) is 13.0. The molecule has 18 heavy (non-hydrogen) atoms. The van der Waals surface area contributed by atoms with Crippen LogP contribution in [-0.4, -0.2) is 22.9 Å². The highest BCUT2D eigenvalue weighted by atomic mass is 16.4. The Bertz CT molecular complexity index is 551. The Morgan fingerprint density at radius 1 is 1.44 bits per heavy atom. The molecule has 2 aromatic heterocycles. The highest BCUT2D eigenvalue weighted by Gasteiger charge is 2.11. The smallest absolute Gasteiger partial charge is 0.255 e. The summed E-state index contributed by atoms with van der Waals surface area (Å²) in [6.45, 7) is 2.06. The van der Waals surface area contributed by atoms with Crippen molar-refractivity contribution in [2.24, 2.45) is 0 Å². The van der Waals surface area contributed by atoms with Crippen LogP contribution in [0.5, 0.6) is 0 Å². The molecular weight excluding hydrogens is 232 g/mol. The van der Waals surface area contributed by atoms with Gasteiger partial charge >= 0.3 is 0 Å². The van der Waals surface area contributed by atoms with Crippen LogP contribution in [0.25, 0.3) is 0 Å². The van der Waals surface area contributed by atoms with Crippen LogP contribution in [0.15, 0.2) is 29.1 Å². The van der Waals surface area contributed by atoms with Crippen molar-refractivity contribution >= 4 is 11.6 Å². The molecule has 0 aliphatic carbocycles. The fourth-order valence-electron chi connectivity index (χ4n) is 1.53. The van der Waals surface area contributed by atoms with Crippen LogP contribution >= 0.6 is 0 Å². The number of hydrogen-bond acceptors (Lipinski definition) is 5. The standard InChI is InChI=1S/C12H14N4O2/c1-8-5-15-11(18-8)7-16-12(17)9-6-14-4-3-10(9)13-2/h3-6H,7H2,1-2H3,(H,13,14)(H,16,17). The molecule has 2 N–H and O–H groups in total. The molecular formula is C12H14N4O2. The van der Waals surface area contributed by atoms with Crippen molar-refractivity contribution in [3.05, 3.63) is 41.9 Å². The lowest BCUT2D eigenvalue weighted by atomic mass is 10.2. The first-order valence-electron chi connectivity index (χ1n) is 5.52. The molecule has 2 rings (SSSR count). The van der Waals surface area contributed by atoms with Crippen molar-refractivity contribution in [2.75, 3.05) is 12.4 Å². The lowest BCUT2D eigenvalue weighted by Crippen LogP contribution is -2.24. The van der Waals surface area contributed by atoms with Crippen LogP contribution in [0.2, 0.25) is 0 Å². The summed E-state index contributed by atoms with van der Waals surface area (Å²) in [6.07, 6.45) is 4.76. The topological polar surface area (TPSA) is 80.0 Å². The minimum atomic E-state index is -0.219. The third-order valence-electron chi connectivity index (χ3n) is 2.40. The van der Waals surface area contributed by atoms with E-state index in [9.17, 15) is 4.79 Å². The molecule has 2 aromatic rings. The molecule has 2 heterocycles. The SMILES string of the molecule is CNc1ccncc1C(=O)NCc1ncc(C)o1. The number of nitrogens with one attached hydrogen (secondary N) is 2. The van der Waals surface area contributed by atoms with Crippen molar-refractivity contribution < 1.29 is 9.21 Å². The van der Waals surface area contributed by atoms with Gasteiger partial charge in [-0.15, -0.1) is 0 Å². The Hall–Kier alpha value is -2.37. The number of aromatic nitrogens is 2. The zero-order valence-corrected chi connectivity index (χ0v) is 10.2. The molecule has 0 fully saturated rings. The first kappa shape index (κ1) is 12.1. The first-order valence-corrected chi connectivity index (χ1v) is 5.52. The van der Waals surface area contributed by atoms with Crippen molar-refractivity contribution in [1.82, 2.24) is 15.3 Å². The van der Waals surface area contributed by atoms with E-state index in [1.807, 2.05) is 0 Å². The molecule has 0 bridgehead atoms. The number of oxazole rings is 1. The molecule has 0 unspecified atom stereocenters. The second-order valence-corrected chi connectivity index (χ2v) is 3.72. The summed E-state index contributed by atoms with van der Waals surface area (Å²) in [5.74, 6) is 0.982. The molecule has 0 aliphatic heterocycles. The van der Waals surface area contributed by atoms with Gasteiger partial charge in [0.1, 0.15) is 5.76 Å². The fraction of sp³-hybridized carbons (Fsp3) is 0.250. The Kier molecular flexibility index (Phi) is 3.57. The van der Waals surface area contributed by atoms with Gasteiger partial charge in [-0.05, 0) is 13.0 Å². The normalized spacial score (nSPS) is 10.1.